The molecule has 0 saturated heterocycles. The van der Waals surface area contributed by atoms with E-state index in [9.17, 15) is 9.59 Å². The first-order valence-corrected chi connectivity index (χ1v) is 12.8. The van der Waals surface area contributed by atoms with Gasteiger partial charge in [0.2, 0.25) is 0 Å². The third-order valence-corrected chi connectivity index (χ3v) is 6.62. The lowest BCUT2D eigenvalue weighted by Crippen LogP contribution is -2.22. The second kappa shape index (κ2) is 11.1. The molecule has 1 N–H and O–H groups in total. The molecule has 0 spiro atoms. The predicted octanol–water partition coefficient (Wildman–Crippen LogP) is 6.70. The van der Waals surface area contributed by atoms with E-state index in [4.69, 9.17) is 9.72 Å². The van der Waals surface area contributed by atoms with E-state index in [2.05, 4.69) is 24.1 Å². The second-order valence-corrected chi connectivity index (χ2v) is 8.94. The van der Waals surface area contributed by atoms with Crippen LogP contribution in [0.15, 0.2) is 97.1 Å². The van der Waals surface area contributed by atoms with Gasteiger partial charge in [-0.15, -0.1) is 0 Å². The van der Waals surface area contributed by atoms with Gasteiger partial charge in [0, 0.05) is 35.4 Å². The summed E-state index contributed by atoms with van der Waals surface area (Å²) in [5.74, 6) is -0.973. The Balaban J connectivity index is 1.36. The first-order valence-electron chi connectivity index (χ1n) is 12.8. The van der Waals surface area contributed by atoms with E-state index >= 15 is 0 Å². The Kier molecular flexibility index (Phi) is 7.31. The summed E-state index contributed by atoms with van der Waals surface area (Å²) in [5, 5.41) is 5.61. The monoisotopic (exact) mass is 503 g/mol. The van der Waals surface area contributed by atoms with Gasteiger partial charge < -0.3 is 15.0 Å². The minimum Gasteiger partial charge on any atom is -0.452 e. The van der Waals surface area contributed by atoms with Crippen molar-refractivity contribution in [1.29, 1.82) is 0 Å². The Hall–Kier alpha value is -4.71. The number of pyridine rings is 1. The molecule has 38 heavy (non-hydrogen) atoms. The maximum atomic E-state index is 13.2. The van der Waals surface area contributed by atoms with E-state index < -0.39 is 18.5 Å². The highest BCUT2D eigenvalue weighted by molar-refractivity contribution is 6.07. The third-order valence-electron chi connectivity index (χ3n) is 6.62. The summed E-state index contributed by atoms with van der Waals surface area (Å²) in [7, 11) is 0. The van der Waals surface area contributed by atoms with E-state index in [0.29, 0.717) is 27.8 Å². The summed E-state index contributed by atoms with van der Waals surface area (Å²) in [4.78, 5) is 32.8. The van der Waals surface area contributed by atoms with E-state index in [0.717, 1.165) is 35.1 Å². The van der Waals surface area contributed by atoms with Gasteiger partial charge in [-0.25, -0.2) is 9.78 Å². The van der Waals surface area contributed by atoms with Crippen molar-refractivity contribution < 1.29 is 14.3 Å². The molecule has 0 saturated carbocycles. The smallest absolute Gasteiger partial charge is 0.339 e. The fourth-order valence-electron chi connectivity index (χ4n) is 4.68. The van der Waals surface area contributed by atoms with E-state index in [1.807, 2.05) is 91.0 Å². The van der Waals surface area contributed by atoms with Crippen molar-refractivity contribution in [2.75, 3.05) is 29.9 Å². The normalized spacial score (nSPS) is 10.9. The molecule has 6 nitrogen and oxygen atoms in total. The number of hydrogen-bond donors (Lipinski definition) is 1. The number of para-hydroxylation sites is 1. The summed E-state index contributed by atoms with van der Waals surface area (Å²) in [6, 6.07) is 30.9. The number of carbonyl (C=O) groups excluding carboxylic acids is 2. The van der Waals surface area contributed by atoms with Crippen LogP contribution in [0.1, 0.15) is 24.2 Å². The molecule has 0 aliphatic rings. The van der Waals surface area contributed by atoms with Crippen molar-refractivity contribution in [1.82, 2.24) is 4.98 Å². The van der Waals surface area contributed by atoms with Gasteiger partial charge in [0.15, 0.2) is 6.61 Å². The third kappa shape index (κ3) is 5.20. The van der Waals surface area contributed by atoms with Gasteiger partial charge in [-0.1, -0.05) is 60.7 Å². The fraction of sp³-hybridized carbons (Fsp3) is 0.156. The highest BCUT2D eigenvalue weighted by Crippen LogP contribution is 2.30. The maximum Gasteiger partial charge on any atom is 0.339 e. The van der Waals surface area contributed by atoms with E-state index in [1.54, 1.807) is 6.07 Å². The number of hydrogen-bond acceptors (Lipinski definition) is 5. The van der Waals surface area contributed by atoms with Crippen LogP contribution in [-0.4, -0.2) is 36.6 Å². The summed E-state index contributed by atoms with van der Waals surface area (Å²) in [6.45, 7) is 5.63. The lowest BCUT2D eigenvalue weighted by atomic mass is 9.99. The minimum absolute atomic E-state index is 0.370. The van der Waals surface area contributed by atoms with Crippen molar-refractivity contribution in [3.05, 3.63) is 103 Å². The first kappa shape index (κ1) is 25.0. The molecule has 6 heteroatoms. The van der Waals surface area contributed by atoms with Crippen LogP contribution in [0.3, 0.4) is 0 Å². The molecule has 4 aromatic carbocycles. The summed E-state index contributed by atoms with van der Waals surface area (Å²) in [5.41, 5.74) is 4.39. The van der Waals surface area contributed by atoms with Gasteiger partial charge in [-0.3, -0.25) is 4.79 Å². The molecule has 5 rings (SSSR count). The number of rotatable bonds is 8. The number of carbonyl (C=O) groups is 2. The molecule has 0 fully saturated rings. The zero-order chi connectivity index (χ0) is 26.5. The van der Waals surface area contributed by atoms with Crippen molar-refractivity contribution in [3.8, 4) is 11.3 Å². The number of esters is 1. The number of anilines is 2. The van der Waals surface area contributed by atoms with E-state index in [-0.39, 0.29) is 0 Å². The molecule has 1 amide bonds. The Morgan fingerprint density at radius 1 is 0.816 bits per heavy atom. The average molecular weight is 504 g/mol. The zero-order valence-electron chi connectivity index (χ0n) is 21.5. The molecule has 0 atom stereocenters. The molecule has 0 bridgehead atoms. The number of nitrogens with zero attached hydrogens (tertiary/aromatic N) is 2. The molecular formula is C32H29N3O3. The first-order chi connectivity index (χ1) is 18.6. The molecule has 5 aromatic rings. The topological polar surface area (TPSA) is 71.5 Å². The van der Waals surface area contributed by atoms with Crippen LogP contribution < -0.4 is 10.2 Å². The van der Waals surface area contributed by atoms with Crippen LogP contribution in [-0.2, 0) is 9.53 Å². The standard InChI is InChI=1S/C32H29N3O3/c1-3-35(4-2)24-18-16-23(17-19-24)33-31(36)21-38-32(37)28-20-30(34-29-15-8-7-13-27(28)29)26-14-9-11-22-10-5-6-12-25(22)26/h5-20H,3-4,21H2,1-2H3,(H,33,36). The summed E-state index contributed by atoms with van der Waals surface area (Å²) >= 11 is 0. The van der Waals surface area contributed by atoms with Crippen molar-refractivity contribution in [3.63, 3.8) is 0 Å². The number of benzene rings is 4. The van der Waals surface area contributed by atoms with Crippen LogP contribution in [0.5, 0.6) is 0 Å². The number of fused-ring (bicyclic) bond motifs is 2. The van der Waals surface area contributed by atoms with Crippen LogP contribution in [0.4, 0.5) is 11.4 Å². The van der Waals surface area contributed by atoms with Crippen LogP contribution in [0.2, 0.25) is 0 Å². The molecule has 0 unspecified atom stereocenters. The van der Waals surface area contributed by atoms with Crippen LogP contribution in [0, 0.1) is 0 Å². The SMILES string of the molecule is CCN(CC)c1ccc(NC(=O)COC(=O)c2cc(-c3cccc4ccccc34)nc3ccccc23)cc1. The fourth-order valence-corrected chi connectivity index (χ4v) is 4.68. The highest BCUT2D eigenvalue weighted by atomic mass is 16.5. The minimum atomic E-state index is -0.572. The molecule has 0 radical (unpaired) electrons. The van der Waals surface area contributed by atoms with Gasteiger partial charge in [0.1, 0.15) is 0 Å². The number of amides is 1. The second-order valence-electron chi connectivity index (χ2n) is 8.94. The predicted molar refractivity (Wildman–Crippen MR) is 154 cm³/mol. The van der Waals surface area contributed by atoms with Crippen molar-refractivity contribution in [2.24, 2.45) is 0 Å². The molecule has 0 aliphatic heterocycles. The largest absolute Gasteiger partial charge is 0.452 e. The van der Waals surface area contributed by atoms with Gasteiger partial charge >= 0.3 is 5.97 Å². The Morgan fingerprint density at radius 2 is 1.50 bits per heavy atom. The molecule has 1 heterocycles. The van der Waals surface area contributed by atoms with Gasteiger partial charge in [-0.2, -0.15) is 0 Å². The molecule has 1 aromatic heterocycles. The summed E-state index contributed by atoms with van der Waals surface area (Å²) < 4.78 is 5.46. The van der Waals surface area contributed by atoms with Gasteiger partial charge in [-0.05, 0) is 61.0 Å². The average Bonchev–Trinajstić information content (AvgIpc) is 2.96. The summed E-state index contributed by atoms with van der Waals surface area (Å²) in [6.07, 6.45) is 0. The van der Waals surface area contributed by atoms with Crippen LogP contribution >= 0.6 is 0 Å². The molecular weight excluding hydrogens is 474 g/mol. The zero-order valence-corrected chi connectivity index (χ0v) is 21.5. The highest BCUT2D eigenvalue weighted by Gasteiger charge is 2.17. The van der Waals surface area contributed by atoms with E-state index in [1.165, 1.54) is 0 Å². The molecule has 190 valence electrons. The van der Waals surface area contributed by atoms with Crippen LogP contribution in [0.25, 0.3) is 32.9 Å². The van der Waals surface area contributed by atoms with Gasteiger partial charge in [0.25, 0.3) is 5.91 Å². The van der Waals surface area contributed by atoms with Crippen molar-refractivity contribution in [2.45, 2.75) is 13.8 Å². The lowest BCUT2D eigenvalue weighted by molar-refractivity contribution is -0.119. The number of ether oxygens (including phenoxy) is 1. The van der Waals surface area contributed by atoms with Crippen molar-refractivity contribution >= 4 is 44.9 Å². The number of aromatic nitrogens is 1. The quantitative estimate of drug-likeness (QED) is 0.239. The Labute approximate surface area is 221 Å². The Bertz CT molecular complexity index is 1600. The lowest BCUT2D eigenvalue weighted by Gasteiger charge is -2.21. The Morgan fingerprint density at radius 3 is 2.26 bits per heavy atom. The number of nitrogens with one attached hydrogen (secondary N) is 1. The molecule has 0 aliphatic carbocycles. The van der Waals surface area contributed by atoms with Gasteiger partial charge in [0.05, 0.1) is 16.8 Å². The maximum absolute atomic E-state index is 13.2.